The molecule has 0 aliphatic heterocycles. The summed E-state index contributed by atoms with van der Waals surface area (Å²) >= 11 is 0. The van der Waals surface area contributed by atoms with Gasteiger partial charge in [0.2, 0.25) is 5.69 Å². The highest BCUT2D eigenvalue weighted by molar-refractivity contribution is 6.30. The van der Waals surface area contributed by atoms with Gasteiger partial charge in [-0.2, -0.15) is 5.26 Å². The van der Waals surface area contributed by atoms with Crippen molar-refractivity contribution < 1.29 is 0 Å². The Morgan fingerprint density at radius 3 is 1.08 bits per heavy atom. The number of nitrogens with zero attached hydrogens (tertiary/aromatic N) is 6. The highest BCUT2D eigenvalue weighted by atomic mass is 15.0. The van der Waals surface area contributed by atoms with Crippen LogP contribution in [-0.2, 0) is 0 Å². The molecule has 0 fully saturated rings. The van der Waals surface area contributed by atoms with E-state index in [-0.39, 0.29) is 0 Å². The second-order valence-corrected chi connectivity index (χ2v) is 15.9. The van der Waals surface area contributed by atoms with Crippen LogP contribution in [0.1, 0.15) is 5.56 Å². The zero-order valence-corrected chi connectivity index (χ0v) is 33.2. The first-order chi connectivity index (χ1) is 30.7. The lowest BCUT2D eigenvalue weighted by Gasteiger charge is -2.16. The summed E-state index contributed by atoms with van der Waals surface area (Å²) in [5.74, 6) is 0. The zero-order chi connectivity index (χ0) is 41.1. The van der Waals surface area contributed by atoms with Crippen molar-refractivity contribution in [2.24, 2.45) is 0 Å². The normalized spacial score (nSPS) is 11.8. The third-order valence-corrected chi connectivity index (χ3v) is 12.8. The van der Waals surface area contributed by atoms with Crippen LogP contribution in [0.3, 0.4) is 0 Å². The highest BCUT2D eigenvalue weighted by Crippen LogP contribution is 2.46. The maximum Gasteiger partial charge on any atom is 0.212 e. The standard InChI is InChI=1S/C56H32N6/c1-58-42-33-51(61-45-26-14-10-22-40(45)55-49(61)30-28-47-53(55)38-20-8-12-24-43(38)59(47)36-16-4-2-5-17-36)35(34-57)32-52(42)62-46-27-15-11-23-41(46)56-50(62)31-29-48-54(56)39-21-9-13-25-44(39)60(48)37-18-6-3-7-19-37/h2-33H. The molecule has 0 spiro atoms. The Morgan fingerprint density at radius 1 is 0.355 bits per heavy atom. The van der Waals surface area contributed by atoms with Crippen molar-refractivity contribution in [3.05, 3.63) is 211 Å². The third kappa shape index (κ3) is 4.50. The third-order valence-electron chi connectivity index (χ3n) is 12.8. The number of fused-ring (bicyclic) bond motifs is 14. The summed E-state index contributed by atoms with van der Waals surface area (Å²) in [5, 5.41) is 20.2. The van der Waals surface area contributed by atoms with Gasteiger partial charge in [-0.05, 0) is 84.9 Å². The van der Waals surface area contributed by atoms with Crippen LogP contribution in [0.25, 0.3) is 115 Å². The van der Waals surface area contributed by atoms with Crippen LogP contribution in [-0.4, -0.2) is 18.3 Å². The smallest absolute Gasteiger partial charge is 0.212 e. The van der Waals surface area contributed by atoms with Crippen LogP contribution in [0.2, 0.25) is 0 Å². The summed E-state index contributed by atoms with van der Waals surface area (Å²) < 4.78 is 9.04. The van der Waals surface area contributed by atoms with Gasteiger partial charge in [-0.25, -0.2) is 4.85 Å². The first kappa shape index (κ1) is 34.1. The fraction of sp³-hybridized carbons (Fsp3) is 0. The van der Waals surface area contributed by atoms with E-state index in [1.807, 2.05) is 36.4 Å². The lowest BCUT2D eigenvalue weighted by Crippen LogP contribution is -2.01. The van der Waals surface area contributed by atoms with E-state index in [4.69, 9.17) is 6.57 Å². The van der Waals surface area contributed by atoms with Crippen molar-refractivity contribution >= 4 is 92.9 Å². The van der Waals surface area contributed by atoms with Gasteiger partial charge < -0.3 is 18.3 Å². The molecule has 4 aromatic heterocycles. The van der Waals surface area contributed by atoms with Gasteiger partial charge in [0, 0.05) is 54.5 Å². The van der Waals surface area contributed by atoms with Gasteiger partial charge in [-0.3, -0.25) is 0 Å². The maximum atomic E-state index is 11.1. The van der Waals surface area contributed by atoms with Crippen molar-refractivity contribution in [1.82, 2.24) is 18.3 Å². The molecule has 13 rings (SSSR count). The molecule has 4 heterocycles. The van der Waals surface area contributed by atoms with Gasteiger partial charge in [0.15, 0.2) is 0 Å². The molecule has 9 aromatic carbocycles. The number of hydrogen-bond acceptors (Lipinski definition) is 1. The summed E-state index contributed by atoms with van der Waals surface area (Å²) in [6.07, 6.45) is 0. The summed E-state index contributed by atoms with van der Waals surface area (Å²) in [6, 6.07) is 70.2. The molecule has 0 saturated carbocycles. The minimum absolute atomic E-state index is 0.459. The van der Waals surface area contributed by atoms with Crippen molar-refractivity contribution in [1.29, 1.82) is 5.26 Å². The predicted octanol–water partition coefficient (Wildman–Crippen LogP) is 14.5. The lowest BCUT2D eigenvalue weighted by atomic mass is 10.1. The van der Waals surface area contributed by atoms with Gasteiger partial charge in [-0.1, -0.05) is 109 Å². The topological polar surface area (TPSA) is 47.9 Å². The van der Waals surface area contributed by atoms with Crippen molar-refractivity contribution in [2.75, 3.05) is 0 Å². The van der Waals surface area contributed by atoms with Crippen LogP contribution in [0.5, 0.6) is 0 Å². The van der Waals surface area contributed by atoms with Gasteiger partial charge in [0.1, 0.15) is 6.07 Å². The van der Waals surface area contributed by atoms with Crippen LogP contribution >= 0.6 is 0 Å². The van der Waals surface area contributed by atoms with Gasteiger partial charge in [0.05, 0.1) is 67.6 Å². The molecule has 0 N–H and O–H groups in total. The Kier molecular flexibility index (Phi) is 7.05. The van der Waals surface area contributed by atoms with Crippen LogP contribution < -0.4 is 0 Å². The molecule has 0 radical (unpaired) electrons. The van der Waals surface area contributed by atoms with Crippen LogP contribution in [0, 0.1) is 17.9 Å². The molecule has 0 amide bonds. The van der Waals surface area contributed by atoms with E-state index in [9.17, 15) is 5.26 Å². The van der Waals surface area contributed by atoms with E-state index in [2.05, 4.69) is 187 Å². The van der Waals surface area contributed by atoms with Crippen molar-refractivity contribution in [2.45, 2.75) is 0 Å². The first-order valence-electron chi connectivity index (χ1n) is 20.7. The summed E-state index contributed by atoms with van der Waals surface area (Å²) in [7, 11) is 0. The fourth-order valence-corrected chi connectivity index (χ4v) is 10.4. The lowest BCUT2D eigenvalue weighted by molar-refractivity contribution is 1.14. The molecule has 6 heteroatoms. The minimum Gasteiger partial charge on any atom is -0.319 e. The summed E-state index contributed by atoms with van der Waals surface area (Å²) in [4.78, 5) is 4.23. The molecule has 0 bridgehead atoms. The van der Waals surface area contributed by atoms with E-state index in [1.54, 1.807) is 0 Å². The second-order valence-electron chi connectivity index (χ2n) is 15.9. The van der Waals surface area contributed by atoms with Gasteiger partial charge in [-0.15, -0.1) is 0 Å². The molecule has 0 aliphatic carbocycles. The molecule has 0 aliphatic rings. The Hall–Kier alpha value is -8.84. The Labute approximate surface area is 355 Å². The number of rotatable bonds is 4. The van der Waals surface area contributed by atoms with Crippen molar-refractivity contribution in [3.8, 4) is 28.8 Å². The van der Waals surface area contributed by atoms with E-state index in [0.717, 1.165) is 98.6 Å². The predicted molar refractivity (Wildman–Crippen MR) is 255 cm³/mol. The number of hydrogen-bond donors (Lipinski definition) is 0. The van der Waals surface area contributed by atoms with E-state index < -0.39 is 0 Å². The molecule has 0 saturated heterocycles. The van der Waals surface area contributed by atoms with E-state index in [0.29, 0.717) is 22.6 Å². The maximum absolute atomic E-state index is 11.1. The number of aromatic nitrogens is 4. The largest absolute Gasteiger partial charge is 0.319 e. The van der Waals surface area contributed by atoms with E-state index >= 15 is 0 Å². The first-order valence-corrected chi connectivity index (χ1v) is 20.7. The monoisotopic (exact) mass is 788 g/mol. The molecule has 13 aromatic rings. The Bertz CT molecular complexity index is 3840. The summed E-state index contributed by atoms with van der Waals surface area (Å²) in [6.45, 7) is 8.71. The highest BCUT2D eigenvalue weighted by Gasteiger charge is 2.25. The minimum atomic E-state index is 0.459. The molecule has 0 unspecified atom stereocenters. The van der Waals surface area contributed by atoms with E-state index in [1.165, 1.54) is 0 Å². The molecular weight excluding hydrogens is 757 g/mol. The molecule has 286 valence electrons. The zero-order valence-electron chi connectivity index (χ0n) is 33.2. The number of nitriles is 1. The van der Waals surface area contributed by atoms with Crippen molar-refractivity contribution in [3.63, 3.8) is 0 Å². The average molecular weight is 789 g/mol. The number of para-hydroxylation sites is 6. The molecule has 62 heavy (non-hydrogen) atoms. The Balaban J connectivity index is 1.10. The van der Waals surface area contributed by atoms with Gasteiger partial charge in [0.25, 0.3) is 0 Å². The molecule has 6 nitrogen and oxygen atoms in total. The van der Waals surface area contributed by atoms with Gasteiger partial charge >= 0.3 is 0 Å². The quantitative estimate of drug-likeness (QED) is 0.164. The molecular formula is C56H32N6. The van der Waals surface area contributed by atoms with Crippen LogP contribution in [0.15, 0.2) is 194 Å². The fourth-order valence-electron chi connectivity index (χ4n) is 10.4. The molecule has 0 atom stereocenters. The summed E-state index contributed by atoms with van der Waals surface area (Å²) in [5.41, 5.74) is 12.9. The number of benzene rings is 9. The SMILES string of the molecule is [C-]#[N+]c1cc(-n2c3ccccc3c3c4c5ccccc5n(-c5ccccc5)c4ccc32)c(C#N)cc1-n1c2ccccc2c2c3c4ccccc4n(-c4ccccc4)c3ccc21. The Morgan fingerprint density at radius 2 is 0.694 bits per heavy atom. The second kappa shape index (κ2) is 12.8. The average Bonchev–Trinajstić information content (AvgIpc) is 4.06. The van der Waals surface area contributed by atoms with Crippen LogP contribution in [0.4, 0.5) is 5.69 Å².